The lowest BCUT2D eigenvalue weighted by atomic mass is 10.1. The van der Waals surface area contributed by atoms with E-state index in [-0.39, 0.29) is 0 Å². The molecule has 152 valence electrons. The number of anilines is 1. The first-order valence-corrected chi connectivity index (χ1v) is 11.5. The number of piperazine rings is 1. The van der Waals surface area contributed by atoms with Crippen molar-refractivity contribution in [3.05, 3.63) is 41.5 Å². The Hall–Kier alpha value is -2.02. The van der Waals surface area contributed by atoms with Crippen LogP contribution in [-0.2, 0) is 6.54 Å². The number of thiophene rings is 1. The number of benzene rings is 1. The number of hydrogen-bond acceptors (Lipinski definition) is 6. The van der Waals surface area contributed by atoms with E-state index in [1.165, 1.54) is 35.9 Å². The van der Waals surface area contributed by atoms with Crippen LogP contribution in [0.3, 0.4) is 0 Å². The molecule has 3 aromatic rings. The second-order valence-corrected chi connectivity index (χ2v) is 9.49. The highest BCUT2D eigenvalue weighted by atomic mass is 32.1. The highest BCUT2D eigenvalue weighted by molar-refractivity contribution is 7.17. The van der Waals surface area contributed by atoms with Crippen LogP contribution in [0.15, 0.2) is 35.7 Å². The van der Waals surface area contributed by atoms with Crippen LogP contribution < -0.4 is 4.90 Å². The normalized spacial score (nSPS) is 18.1. The average molecular weight is 408 g/mol. The Morgan fingerprint density at radius 1 is 1.03 bits per heavy atom. The van der Waals surface area contributed by atoms with E-state index in [4.69, 9.17) is 9.97 Å². The van der Waals surface area contributed by atoms with Gasteiger partial charge in [-0.25, -0.2) is 9.97 Å². The SMILES string of the molecule is CN(C)Cc1nc(N2CCN(CC3CC3)CC2)c2c(-c3ccccc3)csc2n1. The fourth-order valence-electron chi connectivity index (χ4n) is 4.19. The fraction of sp³-hybridized carbons (Fsp3) is 0.478. The van der Waals surface area contributed by atoms with Gasteiger partial charge >= 0.3 is 0 Å². The maximum absolute atomic E-state index is 5.08. The van der Waals surface area contributed by atoms with Crippen molar-refractivity contribution >= 4 is 27.4 Å². The van der Waals surface area contributed by atoms with Gasteiger partial charge in [0.2, 0.25) is 0 Å². The molecule has 0 N–H and O–H groups in total. The molecule has 2 aromatic heterocycles. The first-order valence-electron chi connectivity index (χ1n) is 10.6. The smallest absolute Gasteiger partial charge is 0.146 e. The number of fused-ring (bicyclic) bond motifs is 1. The molecule has 5 rings (SSSR count). The second kappa shape index (κ2) is 8.01. The minimum absolute atomic E-state index is 0.767. The maximum Gasteiger partial charge on any atom is 0.146 e. The summed E-state index contributed by atoms with van der Waals surface area (Å²) in [5, 5.41) is 3.47. The van der Waals surface area contributed by atoms with Crippen molar-refractivity contribution in [3.8, 4) is 11.1 Å². The van der Waals surface area contributed by atoms with Gasteiger partial charge in [-0.15, -0.1) is 11.3 Å². The van der Waals surface area contributed by atoms with Gasteiger partial charge in [-0.05, 0) is 38.4 Å². The Morgan fingerprint density at radius 3 is 2.48 bits per heavy atom. The molecule has 1 aliphatic carbocycles. The number of rotatable bonds is 6. The zero-order valence-corrected chi connectivity index (χ0v) is 18.2. The molecule has 0 bridgehead atoms. The predicted octanol–water partition coefficient (Wildman–Crippen LogP) is 3.95. The third-order valence-electron chi connectivity index (χ3n) is 5.89. The van der Waals surface area contributed by atoms with Gasteiger partial charge in [0.05, 0.1) is 11.9 Å². The first-order chi connectivity index (χ1) is 14.2. The van der Waals surface area contributed by atoms with Gasteiger partial charge in [0, 0.05) is 43.7 Å². The topological polar surface area (TPSA) is 35.5 Å². The van der Waals surface area contributed by atoms with Crippen LogP contribution in [0.25, 0.3) is 21.3 Å². The van der Waals surface area contributed by atoms with Gasteiger partial charge in [0.1, 0.15) is 16.5 Å². The third kappa shape index (κ3) is 4.15. The van der Waals surface area contributed by atoms with Gasteiger partial charge in [-0.2, -0.15) is 0 Å². The zero-order valence-electron chi connectivity index (χ0n) is 17.3. The van der Waals surface area contributed by atoms with Crippen LogP contribution in [0.2, 0.25) is 0 Å². The molecule has 0 atom stereocenters. The summed E-state index contributed by atoms with van der Waals surface area (Å²) >= 11 is 1.74. The van der Waals surface area contributed by atoms with Crippen LogP contribution >= 0.6 is 11.3 Å². The molecule has 29 heavy (non-hydrogen) atoms. The van der Waals surface area contributed by atoms with Gasteiger partial charge in [-0.3, -0.25) is 4.90 Å². The summed E-state index contributed by atoms with van der Waals surface area (Å²) < 4.78 is 0. The summed E-state index contributed by atoms with van der Waals surface area (Å²) in [6, 6.07) is 10.7. The Balaban J connectivity index is 1.51. The Morgan fingerprint density at radius 2 is 1.79 bits per heavy atom. The molecule has 0 spiro atoms. The van der Waals surface area contributed by atoms with E-state index >= 15 is 0 Å². The molecular weight excluding hydrogens is 378 g/mol. The van der Waals surface area contributed by atoms with Crippen molar-refractivity contribution in [1.82, 2.24) is 19.8 Å². The zero-order chi connectivity index (χ0) is 19.8. The van der Waals surface area contributed by atoms with Crippen molar-refractivity contribution in [1.29, 1.82) is 0 Å². The quantitative estimate of drug-likeness (QED) is 0.618. The highest BCUT2D eigenvalue weighted by Crippen LogP contribution is 2.39. The van der Waals surface area contributed by atoms with Crippen molar-refractivity contribution in [2.24, 2.45) is 5.92 Å². The largest absolute Gasteiger partial charge is 0.353 e. The average Bonchev–Trinajstić information content (AvgIpc) is 3.44. The molecular formula is C23H29N5S. The fourth-order valence-corrected chi connectivity index (χ4v) is 5.15. The van der Waals surface area contributed by atoms with E-state index in [0.717, 1.165) is 55.1 Å². The predicted molar refractivity (Wildman–Crippen MR) is 122 cm³/mol. The number of aromatic nitrogens is 2. The van der Waals surface area contributed by atoms with Gasteiger partial charge in [0.15, 0.2) is 0 Å². The molecule has 6 heteroatoms. The molecule has 5 nitrogen and oxygen atoms in total. The molecule has 0 amide bonds. The standard InChI is InChI=1S/C23H29N5S/c1-26(2)15-20-24-22(28-12-10-27(11-13-28)14-17-8-9-17)21-19(16-29-23(21)25-20)18-6-4-3-5-7-18/h3-7,16-17H,8-15H2,1-2H3. The lowest BCUT2D eigenvalue weighted by molar-refractivity contribution is 0.247. The van der Waals surface area contributed by atoms with Gasteiger partial charge in [0.25, 0.3) is 0 Å². The summed E-state index contributed by atoms with van der Waals surface area (Å²) in [7, 11) is 4.15. The number of nitrogens with zero attached hydrogens (tertiary/aromatic N) is 5. The van der Waals surface area contributed by atoms with E-state index in [9.17, 15) is 0 Å². The molecule has 3 heterocycles. The minimum atomic E-state index is 0.767. The summed E-state index contributed by atoms with van der Waals surface area (Å²) in [6.07, 6.45) is 2.85. The highest BCUT2D eigenvalue weighted by Gasteiger charge is 2.28. The van der Waals surface area contributed by atoms with Gasteiger partial charge < -0.3 is 9.80 Å². The summed E-state index contributed by atoms with van der Waals surface area (Å²) in [6.45, 7) is 6.41. The van der Waals surface area contributed by atoms with E-state index in [2.05, 4.69) is 64.5 Å². The summed E-state index contributed by atoms with van der Waals surface area (Å²) in [5.74, 6) is 3.00. The third-order valence-corrected chi connectivity index (χ3v) is 6.76. The molecule has 1 aromatic carbocycles. The summed E-state index contributed by atoms with van der Waals surface area (Å²) in [4.78, 5) is 18.4. The molecule has 2 aliphatic rings. The van der Waals surface area contributed by atoms with E-state index in [1.807, 2.05) is 0 Å². The number of hydrogen-bond donors (Lipinski definition) is 0. The van der Waals surface area contributed by atoms with Crippen molar-refractivity contribution in [3.63, 3.8) is 0 Å². The van der Waals surface area contributed by atoms with E-state index in [0.29, 0.717) is 0 Å². The summed E-state index contributed by atoms with van der Waals surface area (Å²) in [5.41, 5.74) is 2.51. The molecule has 1 saturated carbocycles. The molecule has 1 saturated heterocycles. The van der Waals surface area contributed by atoms with Crippen LogP contribution in [0.1, 0.15) is 18.7 Å². The van der Waals surface area contributed by atoms with E-state index in [1.54, 1.807) is 11.3 Å². The first kappa shape index (κ1) is 19.0. The molecule has 2 fully saturated rings. The van der Waals surface area contributed by atoms with Crippen LogP contribution in [-0.4, -0.2) is 66.6 Å². The van der Waals surface area contributed by atoms with Crippen molar-refractivity contribution < 1.29 is 0 Å². The van der Waals surface area contributed by atoms with Crippen molar-refractivity contribution in [2.75, 3.05) is 51.7 Å². The maximum atomic E-state index is 5.08. The Bertz CT molecular complexity index is 972. The minimum Gasteiger partial charge on any atom is -0.353 e. The lowest BCUT2D eigenvalue weighted by Gasteiger charge is -2.36. The van der Waals surface area contributed by atoms with Gasteiger partial charge in [-0.1, -0.05) is 30.3 Å². The van der Waals surface area contributed by atoms with Crippen LogP contribution in [0, 0.1) is 5.92 Å². The van der Waals surface area contributed by atoms with Crippen LogP contribution in [0.4, 0.5) is 5.82 Å². The molecule has 1 aliphatic heterocycles. The Labute approximate surface area is 177 Å². The molecule has 0 radical (unpaired) electrons. The second-order valence-electron chi connectivity index (χ2n) is 8.63. The Kier molecular flexibility index (Phi) is 5.24. The lowest BCUT2D eigenvalue weighted by Crippen LogP contribution is -2.47. The van der Waals surface area contributed by atoms with Crippen LogP contribution in [0.5, 0.6) is 0 Å². The van der Waals surface area contributed by atoms with E-state index < -0.39 is 0 Å². The van der Waals surface area contributed by atoms with Crippen molar-refractivity contribution in [2.45, 2.75) is 19.4 Å². The molecule has 0 unspecified atom stereocenters. The monoisotopic (exact) mass is 407 g/mol.